The van der Waals surface area contributed by atoms with Crippen molar-refractivity contribution >= 4 is 15.9 Å². The van der Waals surface area contributed by atoms with Crippen molar-refractivity contribution in [3.05, 3.63) is 22.2 Å². The van der Waals surface area contributed by atoms with Crippen molar-refractivity contribution in [2.45, 2.75) is 38.0 Å². The van der Waals surface area contributed by atoms with Gasteiger partial charge in [0.2, 0.25) is 0 Å². The summed E-state index contributed by atoms with van der Waals surface area (Å²) >= 11 is 3.59. The van der Waals surface area contributed by atoms with E-state index in [9.17, 15) is 0 Å². The monoisotopic (exact) mass is 343 g/mol. The molecule has 0 bridgehead atoms. The Kier molecular flexibility index (Phi) is 5.69. The largest absolute Gasteiger partial charge is 0.493 e. The van der Waals surface area contributed by atoms with Crippen molar-refractivity contribution in [3.8, 4) is 11.5 Å². The number of hydrogen-bond acceptors (Lipinski definition) is 4. The first-order chi connectivity index (χ1) is 9.67. The smallest absolute Gasteiger partial charge is 0.161 e. The normalized spacial score (nSPS) is 22.0. The van der Waals surface area contributed by atoms with E-state index in [0.717, 1.165) is 35.4 Å². The molecule has 1 saturated carbocycles. The summed E-state index contributed by atoms with van der Waals surface area (Å²) in [6.07, 6.45) is 3.80. The van der Waals surface area contributed by atoms with Gasteiger partial charge in [0.15, 0.2) is 11.5 Å². The van der Waals surface area contributed by atoms with Crippen LogP contribution in [-0.4, -0.2) is 33.5 Å². The topological polar surface area (TPSA) is 39.7 Å². The van der Waals surface area contributed by atoms with Crippen LogP contribution in [0.25, 0.3) is 0 Å². The van der Waals surface area contributed by atoms with E-state index in [1.54, 1.807) is 21.3 Å². The molecule has 0 spiro atoms. The van der Waals surface area contributed by atoms with Crippen molar-refractivity contribution in [1.82, 2.24) is 5.32 Å². The van der Waals surface area contributed by atoms with Crippen molar-refractivity contribution in [2.24, 2.45) is 0 Å². The summed E-state index contributed by atoms with van der Waals surface area (Å²) in [5.74, 6) is 1.50. The number of methoxy groups -OCH3 is 3. The van der Waals surface area contributed by atoms with E-state index in [2.05, 4.69) is 21.2 Å². The molecule has 1 aromatic carbocycles. The van der Waals surface area contributed by atoms with Gasteiger partial charge in [-0.1, -0.05) is 15.9 Å². The Balaban J connectivity index is 1.99. The van der Waals surface area contributed by atoms with Gasteiger partial charge in [-0.25, -0.2) is 0 Å². The number of nitrogens with one attached hydrogen (secondary N) is 1. The standard InChI is InChI=1S/C15H22BrNO3/c1-18-12-5-4-11(7-12)17-9-10-6-14(19-2)15(20-3)8-13(10)16/h6,8,11-12,17H,4-5,7,9H2,1-3H3. The third-order valence-electron chi connectivity index (χ3n) is 3.85. The quantitative estimate of drug-likeness (QED) is 0.861. The highest BCUT2D eigenvalue weighted by Gasteiger charge is 2.24. The Morgan fingerprint density at radius 2 is 1.85 bits per heavy atom. The molecule has 0 saturated heterocycles. The Bertz CT molecular complexity index is 453. The molecule has 1 aromatic rings. The fourth-order valence-corrected chi connectivity index (χ4v) is 3.09. The molecule has 0 radical (unpaired) electrons. The lowest BCUT2D eigenvalue weighted by molar-refractivity contribution is 0.107. The van der Waals surface area contributed by atoms with E-state index in [1.165, 1.54) is 12.0 Å². The van der Waals surface area contributed by atoms with Gasteiger partial charge in [0.1, 0.15) is 0 Å². The minimum Gasteiger partial charge on any atom is -0.493 e. The van der Waals surface area contributed by atoms with Gasteiger partial charge in [0.05, 0.1) is 20.3 Å². The third kappa shape index (κ3) is 3.65. The van der Waals surface area contributed by atoms with Gasteiger partial charge >= 0.3 is 0 Å². The van der Waals surface area contributed by atoms with Crippen LogP contribution in [0, 0.1) is 0 Å². The zero-order valence-electron chi connectivity index (χ0n) is 12.2. The average Bonchev–Trinajstić information content (AvgIpc) is 2.93. The highest BCUT2D eigenvalue weighted by molar-refractivity contribution is 9.10. The van der Waals surface area contributed by atoms with E-state index in [4.69, 9.17) is 14.2 Å². The minimum atomic E-state index is 0.404. The first kappa shape index (κ1) is 15.6. The predicted molar refractivity (Wildman–Crippen MR) is 82.5 cm³/mol. The molecule has 2 atom stereocenters. The zero-order chi connectivity index (χ0) is 14.5. The molecule has 1 aliphatic rings. The number of rotatable bonds is 6. The summed E-state index contributed by atoms with van der Waals surface area (Å²) < 4.78 is 17.1. The van der Waals surface area contributed by atoms with Gasteiger partial charge < -0.3 is 19.5 Å². The van der Waals surface area contributed by atoms with Crippen molar-refractivity contribution in [1.29, 1.82) is 0 Å². The second-order valence-corrected chi connectivity index (χ2v) is 5.90. The highest BCUT2D eigenvalue weighted by atomic mass is 79.9. The predicted octanol–water partition coefficient (Wildman–Crippen LogP) is 3.12. The van der Waals surface area contributed by atoms with Gasteiger partial charge in [0, 0.05) is 24.2 Å². The summed E-state index contributed by atoms with van der Waals surface area (Å²) in [6.45, 7) is 0.808. The molecule has 2 unspecified atom stereocenters. The second kappa shape index (κ2) is 7.29. The van der Waals surface area contributed by atoms with Crippen LogP contribution in [0.3, 0.4) is 0 Å². The van der Waals surface area contributed by atoms with Crippen LogP contribution >= 0.6 is 15.9 Å². The fraction of sp³-hybridized carbons (Fsp3) is 0.600. The minimum absolute atomic E-state index is 0.404. The van der Waals surface area contributed by atoms with E-state index in [1.807, 2.05) is 12.1 Å². The Hall–Kier alpha value is -0.780. The van der Waals surface area contributed by atoms with Crippen molar-refractivity contribution < 1.29 is 14.2 Å². The van der Waals surface area contributed by atoms with Gasteiger partial charge in [0.25, 0.3) is 0 Å². The first-order valence-electron chi connectivity index (χ1n) is 6.84. The molecular weight excluding hydrogens is 322 g/mol. The Labute approximate surface area is 128 Å². The number of ether oxygens (including phenoxy) is 3. The number of benzene rings is 1. The molecule has 0 heterocycles. The summed E-state index contributed by atoms with van der Waals surface area (Å²) in [6, 6.07) is 4.49. The van der Waals surface area contributed by atoms with Crippen LogP contribution in [0.4, 0.5) is 0 Å². The van der Waals surface area contributed by atoms with Crippen LogP contribution in [0.1, 0.15) is 24.8 Å². The molecule has 0 amide bonds. The molecule has 0 aromatic heterocycles. The van der Waals surface area contributed by atoms with Gasteiger partial charge in [-0.3, -0.25) is 0 Å². The van der Waals surface area contributed by atoms with Crippen LogP contribution in [0.2, 0.25) is 0 Å². The average molecular weight is 344 g/mol. The molecule has 112 valence electrons. The van der Waals surface area contributed by atoms with Crippen molar-refractivity contribution in [2.75, 3.05) is 21.3 Å². The molecule has 20 heavy (non-hydrogen) atoms. The molecule has 4 nitrogen and oxygen atoms in total. The van der Waals surface area contributed by atoms with E-state index < -0.39 is 0 Å². The lowest BCUT2D eigenvalue weighted by Crippen LogP contribution is -2.26. The molecule has 1 N–H and O–H groups in total. The first-order valence-corrected chi connectivity index (χ1v) is 7.63. The Morgan fingerprint density at radius 3 is 2.45 bits per heavy atom. The fourth-order valence-electron chi connectivity index (χ4n) is 2.63. The highest BCUT2D eigenvalue weighted by Crippen LogP contribution is 2.33. The number of halogens is 1. The summed E-state index contributed by atoms with van der Waals surface area (Å²) in [5.41, 5.74) is 1.17. The maximum atomic E-state index is 5.40. The lowest BCUT2D eigenvalue weighted by atomic mass is 10.1. The molecule has 0 aliphatic heterocycles. The van der Waals surface area contributed by atoms with E-state index >= 15 is 0 Å². The third-order valence-corrected chi connectivity index (χ3v) is 4.59. The van der Waals surface area contributed by atoms with Gasteiger partial charge in [-0.05, 0) is 37.0 Å². The summed E-state index contributed by atoms with van der Waals surface area (Å²) in [5, 5.41) is 3.59. The SMILES string of the molecule is COc1cc(Br)c(CNC2CCC(OC)C2)cc1OC. The molecule has 1 fully saturated rings. The van der Waals surface area contributed by atoms with E-state index in [-0.39, 0.29) is 0 Å². The zero-order valence-corrected chi connectivity index (χ0v) is 13.8. The van der Waals surface area contributed by atoms with Gasteiger partial charge in [-0.15, -0.1) is 0 Å². The van der Waals surface area contributed by atoms with Crippen LogP contribution in [0.5, 0.6) is 11.5 Å². The van der Waals surface area contributed by atoms with Gasteiger partial charge in [-0.2, -0.15) is 0 Å². The van der Waals surface area contributed by atoms with Crippen LogP contribution in [-0.2, 0) is 11.3 Å². The Morgan fingerprint density at radius 1 is 1.15 bits per heavy atom. The molecule has 2 rings (SSSR count). The summed E-state index contributed by atoms with van der Waals surface area (Å²) in [7, 11) is 5.09. The van der Waals surface area contributed by atoms with Crippen LogP contribution in [0.15, 0.2) is 16.6 Å². The van der Waals surface area contributed by atoms with E-state index in [0.29, 0.717) is 12.1 Å². The lowest BCUT2D eigenvalue weighted by Gasteiger charge is -2.16. The van der Waals surface area contributed by atoms with Crippen LogP contribution < -0.4 is 14.8 Å². The second-order valence-electron chi connectivity index (χ2n) is 5.05. The summed E-state index contributed by atoms with van der Waals surface area (Å²) in [4.78, 5) is 0. The molecule has 1 aliphatic carbocycles. The number of hydrogen-bond donors (Lipinski definition) is 1. The maximum absolute atomic E-state index is 5.40. The molecular formula is C15H22BrNO3. The maximum Gasteiger partial charge on any atom is 0.161 e. The molecule has 5 heteroatoms. The van der Waals surface area contributed by atoms with Crippen molar-refractivity contribution in [3.63, 3.8) is 0 Å².